The monoisotopic (exact) mass is 287 g/mol. The van der Waals surface area contributed by atoms with E-state index in [1.54, 1.807) is 31.5 Å². The summed E-state index contributed by atoms with van der Waals surface area (Å²) in [7, 11) is 3.07. The highest BCUT2D eigenvalue weighted by Crippen LogP contribution is 2.25. The summed E-state index contributed by atoms with van der Waals surface area (Å²) in [5.74, 6) is -0.335. The van der Waals surface area contributed by atoms with Gasteiger partial charge >= 0.3 is 5.69 Å². The minimum atomic E-state index is -0.406. The maximum atomic E-state index is 13.1. The average Bonchev–Trinajstić information content (AvgIpc) is 2.51. The Morgan fingerprint density at radius 3 is 2.43 bits per heavy atom. The van der Waals surface area contributed by atoms with Crippen molar-refractivity contribution in [3.05, 3.63) is 73.9 Å². The zero-order valence-corrected chi connectivity index (χ0v) is 11.6. The standard InChI is InChI=1S/C15H14FN3O2/c1-18-11-7-8-17-13(9-3-5-10(16)6-4-9)12(11)14(20)19(2)15(18)21/h3-8,13,17H,1-2H3. The fourth-order valence-corrected chi connectivity index (χ4v) is 2.58. The summed E-state index contributed by atoms with van der Waals surface area (Å²) in [5.41, 5.74) is 1.09. The Labute approximate surface area is 120 Å². The molecule has 1 aliphatic rings. The molecule has 0 aliphatic carbocycles. The number of nitrogens with zero attached hydrogens (tertiary/aromatic N) is 2. The molecule has 3 rings (SSSR count). The zero-order chi connectivity index (χ0) is 15.1. The summed E-state index contributed by atoms with van der Waals surface area (Å²) >= 11 is 0. The molecule has 0 fully saturated rings. The zero-order valence-electron chi connectivity index (χ0n) is 11.6. The van der Waals surface area contributed by atoms with Crippen LogP contribution in [0.1, 0.15) is 22.9 Å². The van der Waals surface area contributed by atoms with E-state index in [0.717, 1.165) is 10.1 Å². The fraction of sp³-hybridized carbons (Fsp3) is 0.200. The van der Waals surface area contributed by atoms with Crippen LogP contribution in [0.3, 0.4) is 0 Å². The van der Waals surface area contributed by atoms with Crippen molar-refractivity contribution in [1.82, 2.24) is 14.5 Å². The molecule has 0 saturated carbocycles. The van der Waals surface area contributed by atoms with E-state index in [9.17, 15) is 14.0 Å². The van der Waals surface area contributed by atoms with E-state index >= 15 is 0 Å². The van der Waals surface area contributed by atoms with Gasteiger partial charge in [-0.15, -0.1) is 0 Å². The molecule has 1 unspecified atom stereocenters. The van der Waals surface area contributed by atoms with E-state index in [1.165, 1.54) is 23.7 Å². The Morgan fingerprint density at radius 1 is 1.10 bits per heavy atom. The van der Waals surface area contributed by atoms with Gasteiger partial charge in [0.05, 0.1) is 17.3 Å². The van der Waals surface area contributed by atoms with Crippen molar-refractivity contribution in [3.63, 3.8) is 0 Å². The van der Waals surface area contributed by atoms with Crippen molar-refractivity contribution in [2.24, 2.45) is 14.1 Å². The first-order valence-corrected chi connectivity index (χ1v) is 6.48. The largest absolute Gasteiger partial charge is 0.380 e. The Balaban J connectivity index is 2.28. The molecule has 5 nitrogen and oxygen atoms in total. The Hall–Kier alpha value is -2.63. The second kappa shape index (κ2) is 4.73. The van der Waals surface area contributed by atoms with Crippen molar-refractivity contribution in [3.8, 4) is 0 Å². The molecule has 1 aromatic heterocycles. The number of hydrogen-bond donors (Lipinski definition) is 1. The first kappa shape index (κ1) is 13.4. The van der Waals surface area contributed by atoms with Gasteiger partial charge in [0.15, 0.2) is 0 Å². The summed E-state index contributed by atoms with van der Waals surface area (Å²) in [6.07, 6.45) is 3.38. The van der Waals surface area contributed by atoms with Crippen LogP contribution < -0.4 is 16.6 Å². The first-order valence-electron chi connectivity index (χ1n) is 6.48. The number of halogens is 1. The molecule has 6 heteroatoms. The predicted octanol–water partition coefficient (Wildman–Crippen LogP) is 0.886. The average molecular weight is 287 g/mol. The molecule has 1 aromatic carbocycles. The number of rotatable bonds is 1. The van der Waals surface area contributed by atoms with Crippen LogP contribution in [-0.2, 0) is 14.1 Å². The van der Waals surface area contributed by atoms with Crippen LogP contribution in [0.25, 0.3) is 6.08 Å². The van der Waals surface area contributed by atoms with Crippen molar-refractivity contribution in [2.75, 3.05) is 0 Å². The van der Waals surface area contributed by atoms with Crippen LogP contribution in [0.4, 0.5) is 4.39 Å². The topological polar surface area (TPSA) is 56.0 Å². The molecule has 0 radical (unpaired) electrons. The SMILES string of the molecule is Cn1c2c(c(=O)n(C)c1=O)C(c1ccc(F)cc1)NC=C2. The normalized spacial score (nSPS) is 16.4. The van der Waals surface area contributed by atoms with Gasteiger partial charge in [-0.1, -0.05) is 12.1 Å². The molecule has 1 N–H and O–H groups in total. The summed E-state index contributed by atoms with van der Waals surface area (Å²) in [6, 6.07) is 5.54. The number of benzene rings is 1. The van der Waals surface area contributed by atoms with Gasteiger partial charge in [-0.05, 0) is 30.0 Å². The van der Waals surface area contributed by atoms with E-state index in [1.807, 2.05) is 0 Å². The maximum Gasteiger partial charge on any atom is 0.330 e. The third kappa shape index (κ3) is 1.99. The highest BCUT2D eigenvalue weighted by Gasteiger charge is 2.25. The number of hydrogen-bond acceptors (Lipinski definition) is 3. The van der Waals surface area contributed by atoms with Crippen LogP contribution in [0.5, 0.6) is 0 Å². The molecular weight excluding hydrogens is 273 g/mol. The Kier molecular flexibility index (Phi) is 3.01. The van der Waals surface area contributed by atoms with Gasteiger partial charge in [-0.25, -0.2) is 9.18 Å². The van der Waals surface area contributed by atoms with Gasteiger partial charge in [-0.2, -0.15) is 0 Å². The van der Waals surface area contributed by atoms with E-state index in [2.05, 4.69) is 5.32 Å². The van der Waals surface area contributed by atoms with Gasteiger partial charge in [0.1, 0.15) is 5.82 Å². The lowest BCUT2D eigenvalue weighted by atomic mass is 9.96. The molecule has 108 valence electrons. The van der Waals surface area contributed by atoms with Gasteiger partial charge < -0.3 is 5.32 Å². The number of nitrogens with one attached hydrogen (secondary N) is 1. The number of aromatic nitrogens is 2. The van der Waals surface area contributed by atoms with Crippen molar-refractivity contribution >= 4 is 6.08 Å². The fourth-order valence-electron chi connectivity index (χ4n) is 2.58. The highest BCUT2D eigenvalue weighted by molar-refractivity contribution is 5.55. The quantitative estimate of drug-likeness (QED) is 0.847. The molecule has 0 spiro atoms. The van der Waals surface area contributed by atoms with Crippen molar-refractivity contribution in [2.45, 2.75) is 6.04 Å². The lowest BCUT2D eigenvalue weighted by Gasteiger charge is -2.25. The van der Waals surface area contributed by atoms with Crippen molar-refractivity contribution in [1.29, 1.82) is 0 Å². The first-order chi connectivity index (χ1) is 10.0. The molecule has 1 aliphatic heterocycles. The van der Waals surface area contributed by atoms with E-state index < -0.39 is 6.04 Å². The van der Waals surface area contributed by atoms with E-state index in [4.69, 9.17) is 0 Å². The van der Waals surface area contributed by atoms with Crippen LogP contribution in [0.15, 0.2) is 40.1 Å². The Bertz CT molecular complexity index is 847. The van der Waals surface area contributed by atoms with Crippen molar-refractivity contribution < 1.29 is 4.39 Å². The van der Waals surface area contributed by atoms with Crippen LogP contribution in [0, 0.1) is 5.82 Å². The summed E-state index contributed by atoms with van der Waals surface area (Å²) in [4.78, 5) is 24.4. The molecule has 0 bridgehead atoms. The molecule has 21 heavy (non-hydrogen) atoms. The van der Waals surface area contributed by atoms with Crippen LogP contribution >= 0.6 is 0 Å². The predicted molar refractivity (Wildman–Crippen MR) is 77.3 cm³/mol. The maximum absolute atomic E-state index is 13.1. The lowest BCUT2D eigenvalue weighted by molar-refractivity contribution is 0.609. The molecule has 0 saturated heterocycles. The molecule has 1 atom stereocenters. The van der Waals surface area contributed by atoms with Gasteiger partial charge in [-0.3, -0.25) is 13.9 Å². The minimum Gasteiger partial charge on any atom is -0.380 e. The summed E-state index contributed by atoms with van der Waals surface area (Å²) in [6.45, 7) is 0. The second-order valence-corrected chi connectivity index (χ2v) is 4.99. The van der Waals surface area contributed by atoms with Gasteiger partial charge in [0.2, 0.25) is 0 Å². The number of fused-ring (bicyclic) bond motifs is 1. The molecule has 2 heterocycles. The van der Waals surface area contributed by atoms with E-state index in [0.29, 0.717) is 11.3 Å². The molecular formula is C15H14FN3O2. The third-order valence-corrected chi connectivity index (χ3v) is 3.74. The van der Waals surface area contributed by atoms with Gasteiger partial charge in [0.25, 0.3) is 5.56 Å². The molecule has 0 amide bonds. The Morgan fingerprint density at radius 2 is 1.76 bits per heavy atom. The summed E-state index contributed by atoms with van der Waals surface area (Å²) < 4.78 is 15.6. The third-order valence-electron chi connectivity index (χ3n) is 3.74. The highest BCUT2D eigenvalue weighted by atomic mass is 19.1. The van der Waals surface area contributed by atoms with E-state index in [-0.39, 0.29) is 17.1 Å². The lowest BCUT2D eigenvalue weighted by Crippen LogP contribution is -2.43. The van der Waals surface area contributed by atoms with Crippen LogP contribution in [-0.4, -0.2) is 9.13 Å². The molecule has 2 aromatic rings. The second-order valence-electron chi connectivity index (χ2n) is 4.99. The van der Waals surface area contributed by atoms with Crippen LogP contribution in [0.2, 0.25) is 0 Å². The van der Waals surface area contributed by atoms with Gasteiger partial charge in [0, 0.05) is 14.1 Å². The minimum absolute atomic E-state index is 0.335. The smallest absolute Gasteiger partial charge is 0.330 e. The summed E-state index contributed by atoms with van der Waals surface area (Å²) in [5, 5.41) is 3.09.